The molecule has 1 fully saturated rings. The first-order valence-electron chi connectivity index (χ1n) is 8.83. The molecule has 4 rings (SSSR count). The Morgan fingerprint density at radius 1 is 1.11 bits per heavy atom. The van der Waals surface area contributed by atoms with Crippen LogP contribution in [0.4, 0.5) is 0 Å². The second-order valence-electron chi connectivity index (χ2n) is 6.56. The molecule has 140 valence electrons. The molecule has 1 aliphatic rings. The quantitative estimate of drug-likeness (QED) is 0.642. The summed E-state index contributed by atoms with van der Waals surface area (Å²) < 4.78 is 27.4. The van der Waals surface area contributed by atoms with Crippen LogP contribution in [0.1, 0.15) is 18.4 Å². The maximum absolute atomic E-state index is 12.9. The van der Waals surface area contributed by atoms with E-state index in [4.69, 9.17) is 0 Å². The van der Waals surface area contributed by atoms with E-state index in [9.17, 15) is 8.42 Å². The summed E-state index contributed by atoms with van der Waals surface area (Å²) in [6, 6.07) is 12.8. The van der Waals surface area contributed by atoms with Gasteiger partial charge in [-0.05, 0) is 35.8 Å². The molecule has 0 radical (unpaired) electrons. The summed E-state index contributed by atoms with van der Waals surface area (Å²) in [5.41, 5.74) is 1.57. The molecular formula is C18H20N6O2S. The number of benzene rings is 1. The Balaban J connectivity index is 1.48. The summed E-state index contributed by atoms with van der Waals surface area (Å²) in [6.45, 7) is 0.922. The average molecular weight is 384 g/mol. The third-order valence-electron chi connectivity index (χ3n) is 4.62. The topological polar surface area (TPSA) is 93.9 Å². The van der Waals surface area contributed by atoms with Crippen LogP contribution in [0, 0.1) is 0 Å². The molecule has 1 aromatic carbocycles. The predicted molar refractivity (Wildman–Crippen MR) is 99.8 cm³/mol. The summed E-state index contributed by atoms with van der Waals surface area (Å²) in [5.74, 6) is 0.496. The van der Waals surface area contributed by atoms with Crippen molar-refractivity contribution in [2.45, 2.75) is 31.2 Å². The molecule has 0 N–H and O–H groups in total. The smallest absolute Gasteiger partial charge is 0.218 e. The number of aromatic nitrogens is 5. The van der Waals surface area contributed by atoms with Crippen LogP contribution < -0.4 is 0 Å². The van der Waals surface area contributed by atoms with E-state index in [1.165, 1.54) is 4.80 Å². The molecule has 0 spiro atoms. The van der Waals surface area contributed by atoms with Crippen LogP contribution in [0.25, 0.3) is 11.4 Å². The van der Waals surface area contributed by atoms with E-state index in [0.717, 1.165) is 24.0 Å². The van der Waals surface area contributed by atoms with E-state index in [0.29, 0.717) is 18.9 Å². The van der Waals surface area contributed by atoms with Crippen molar-refractivity contribution in [2.24, 2.45) is 0 Å². The van der Waals surface area contributed by atoms with Gasteiger partial charge in [-0.2, -0.15) is 9.10 Å². The lowest BCUT2D eigenvalue weighted by Gasteiger charge is -2.23. The van der Waals surface area contributed by atoms with E-state index >= 15 is 0 Å². The van der Waals surface area contributed by atoms with Gasteiger partial charge in [0.15, 0.2) is 0 Å². The minimum absolute atomic E-state index is 0.00998. The van der Waals surface area contributed by atoms with Crippen LogP contribution in [0.2, 0.25) is 0 Å². The van der Waals surface area contributed by atoms with Gasteiger partial charge in [0.05, 0.1) is 12.3 Å². The zero-order chi connectivity index (χ0) is 18.7. The van der Waals surface area contributed by atoms with Gasteiger partial charge in [-0.25, -0.2) is 8.42 Å². The molecule has 8 nitrogen and oxygen atoms in total. The van der Waals surface area contributed by atoms with Gasteiger partial charge in [-0.3, -0.25) is 4.98 Å². The van der Waals surface area contributed by atoms with Crippen molar-refractivity contribution >= 4 is 10.0 Å². The number of hydrogen-bond acceptors (Lipinski definition) is 6. The van der Waals surface area contributed by atoms with Gasteiger partial charge in [-0.15, -0.1) is 10.2 Å². The first-order valence-corrected chi connectivity index (χ1v) is 10.4. The highest BCUT2D eigenvalue weighted by Gasteiger charge is 2.34. The lowest BCUT2D eigenvalue weighted by molar-refractivity contribution is 0.323. The Labute approximate surface area is 157 Å². The van der Waals surface area contributed by atoms with Gasteiger partial charge in [-0.1, -0.05) is 30.3 Å². The van der Waals surface area contributed by atoms with Crippen molar-refractivity contribution in [1.29, 1.82) is 0 Å². The Kier molecular flexibility index (Phi) is 4.95. The van der Waals surface area contributed by atoms with Crippen LogP contribution in [0.5, 0.6) is 0 Å². The lowest BCUT2D eigenvalue weighted by atomic mass is 10.2. The molecule has 1 saturated heterocycles. The van der Waals surface area contributed by atoms with Crippen LogP contribution in [-0.4, -0.2) is 50.5 Å². The summed E-state index contributed by atoms with van der Waals surface area (Å²) >= 11 is 0. The minimum atomic E-state index is -3.39. The molecule has 1 atom stereocenters. The zero-order valence-corrected chi connectivity index (χ0v) is 15.5. The van der Waals surface area contributed by atoms with E-state index in [2.05, 4.69) is 20.4 Å². The third kappa shape index (κ3) is 4.04. The summed E-state index contributed by atoms with van der Waals surface area (Å²) in [4.78, 5) is 5.53. The fraction of sp³-hybridized carbons (Fsp3) is 0.333. The fourth-order valence-corrected chi connectivity index (χ4v) is 5.16. The number of pyridine rings is 1. The Bertz CT molecular complexity index is 991. The highest BCUT2D eigenvalue weighted by atomic mass is 32.2. The first kappa shape index (κ1) is 17.7. The van der Waals surface area contributed by atoms with Gasteiger partial charge in [0, 0.05) is 30.5 Å². The van der Waals surface area contributed by atoms with E-state index in [1.54, 1.807) is 16.7 Å². The normalized spacial score (nSPS) is 18.0. The summed E-state index contributed by atoms with van der Waals surface area (Å²) in [5, 5.41) is 12.5. The number of sulfonamides is 1. The van der Waals surface area contributed by atoms with Crippen molar-refractivity contribution in [1.82, 2.24) is 29.5 Å². The van der Waals surface area contributed by atoms with Crippen LogP contribution in [-0.2, 0) is 22.3 Å². The van der Waals surface area contributed by atoms with Crippen LogP contribution >= 0.6 is 0 Å². The number of nitrogens with zero attached hydrogens (tertiary/aromatic N) is 6. The Morgan fingerprint density at radius 3 is 2.74 bits per heavy atom. The Morgan fingerprint density at radius 2 is 1.96 bits per heavy atom. The van der Waals surface area contributed by atoms with E-state index in [-0.39, 0.29) is 11.8 Å². The molecule has 27 heavy (non-hydrogen) atoms. The molecule has 9 heteroatoms. The molecule has 0 unspecified atom stereocenters. The van der Waals surface area contributed by atoms with Crippen LogP contribution in [0.3, 0.4) is 0 Å². The van der Waals surface area contributed by atoms with Crippen molar-refractivity contribution in [3.63, 3.8) is 0 Å². The Hall–Kier alpha value is -2.65. The molecule has 0 bridgehead atoms. The monoisotopic (exact) mass is 384 g/mol. The molecule has 1 aliphatic heterocycles. The summed E-state index contributed by atoms with van der Waals surface area (Å²) in [6.07, 6.45) is 4.98. The minimum Gasteiger partial charge on any atom is -0.264 e. The standard InChI is InChI=1S/C18H20N6O2S/c25-27(26,14-15-6-2-1-3-7-15)23-11-5-9-17(23)13-24-21-18(20-22-24)16-8-4-10-19-12-16/h1-4,6-8,10,12,17H,5,9,11,13-14H2/t17-/m1/s1. The lowest BCUT2D eigenvalue weighted by Crippen LogP contribution is -2.39. The highest BCUT2D eigenvalue weighted by Crippen LogP contribution is 2.24. The highest BCUT2D eigenvalue weighted by molar-refractivity contribution is 7.88. The average Bonchev–Trinajstić information content (AvgIpc) is 3.33. The molecular weight excluding hydrogens is 364 g/mol. The maximum Gasteiger partial charge on any atom is 0.218 e. The van der Waals surface area contributed by atoms with E-state index < -0.39 is 10.0 Å². The molecule has 0 amide bonds. The molecule has 0 saturated carbocycles. The summed E-state index contributed by atoms with van der Waals surface area (Å²) in [7, 11) is -3.39. The number of tetrazole rings is 1. The molecule has 3 aromatic rings. The number of rotatable bonds is 6. The van der Waals surface area contributed by atoms with Crippen molar-refractivity contribution in [3.8, 4) is 11.4 Å². The van der Waals surface area contributed by atoms with Crippen LogP contribution in [0.15, 0.2) is 54.9 Å². The molecule has 0 aliphatic carbocycles. The zero-order valence-electron chi connectivity index (χ0n) is 14.7. The predicted octanol–water partition coefficient (Wildman–Crippen LogP) is 1.73. The molecule has 3 heterocycles. The van der Waals surface area contributed by atoms with Gasteiger partial charge in [0.25, 0.3) is 0 Å². The van der Waals surface area contributed by atoms with Crippen molar-refractivity contribution in [2.75, 3.05) is 6.54 Å². The van der Waals surface area contributed by atoms with E-state index in [1.807, 2.05) is 42.5 Å². The molecule has 2 aromatic heterocycles. The van der Waals surface area contributed by atoms with Gasteiger partial charge < -0.3 is 0 Å². The van der Waals surface area contributed by atoms with Crippen molar-refractivity contribution in [3.05, 3.63) is 60.4 Å². The van der Waals surface area contributed by atoms with Gasteiger partial charge in [0.2, 0.25) is 15.8 Å². The van der Waals surface area contributed by atoms with Gasteiger partial charge >= 0.3 is 0 Å². The van der Waals surface area contributed by atoms with Gasteiger partial charge in [0.1, 0.15) is 0 Å². The number of hydrogen-bond donors (Lipinski definition) is 0. The second-order valence-corrected chi connectivity index (χ2v) is 8.48. The third-order valence-corrected chi connectivity index (χ3v) is 6.51. The second kappa shape index (κ2) is 7.53. The first-order chi connectivity index (χ1) is 13.1. The maximum atomic E-state index is 12.9. The SMILES string of the molecule is O=S(=O)(Cc1ccccc1)N1CCC[C@@H]1Cn1nnc(-c2cccnc2)n1. The fourth-order valence-electron chi connectivity index (χ4n) is 3.35. The largest absolute Gasteiger partial charge is 0.264 e. The van der Waals surface area contributed by atoms with Crippen molar-refractivity contribution < 1.29 is 8.42 Å².